The minimum absolute atomic E-state index is 0.525. The van der Waals surface area contributed by atoms with Gasteiger partial charge in [0.1, 0.15) is 0 Å². The van der Waals surface area contributed by atoms with Crippen molar-refractivity contribution in [1.82, 2.24) is 0 Å². The lowest BCUT2D eigenvalue weighted by Crippen LogP contribution is -2.22. The van der Waals surface area contributed by atoms with Crippen molar-refractivity contribution in [3.63, 3.8) is 0 Å². The lowest BCUT2D eigenvalue weighted by Gasteiger charge is -2.29. The molecule has 0 aromatic carbocycles. The maximum Gasteiger partial charge on any atom is 0.00442 e. The van der Waals surface area contributed by atoms with Crippen LogP contribution in [0, 0.1) is 17.8 Å². The second-order valence-electron chi connectivity index (χ2n) is 4.65. The van der Waals surface area contributed by atoms with Gasteiger partial charge in [0, 0.05) is 6.04 Å². The molecule has 0 amide bonds. The highest BCUT2D eigenvalue weighted by molar-refractivity contribution is 4.86. The van der Waals surface area contributed by atoms with Crippen molar-refractivity contribution in [3.05, 3.63) is 0 Å². The van der Waals surface area contributed by atoms with E-state index < -0.39 is 0 Å². The van der Waals surface area contributed by atoms with Gasteiger partial charge in [-0.15, -0.1) is 0 Å². The van der Waals surface area contributed by atoms with Crippen molar-refractivity contribution in [1.29, 1.82) is 0 Å². The van der Waals surface area contributed by atoms with Crippen LogP contribution < -0.4 is 5.73 Å². The molecule has 1 unspecified atom stereocenters. The average Bonchev–Trinajstić information content (AvgIpc) is 2.16. The molecule has 0 aliphatic heterocycles. The third-order valence-corrected chi connectivity index (χ3v) is 3.70. The monoisotopic (exact) mass is 153 g/mol. The van der Waals surface area contributed by atoms with E-state index >= 15 is 0 Å². The third-order valence-electron chi connectivity index (χ3n) is 3.70. The molecular weight excluding hydrogens is 134 g/mol. The minimum atomic E-state index is 0.525. The molecule has 3 saturated carbocycles. The molecule has 2 bridgehead atoms. The van der Waals surface area contributed by atoms with Crippen molar-refractivity contribution < 1.29 is 0 Å². The van der Waals surface area contributed by atoms with Crippen LogP contribution in [0.2, 0.25) is 0 Å². The molecule has 3 aliphatic carbocycles. The van der Waals surface area contributed by atoms with Crippen molar-refractivity contribution in [2.75, 3.05) is 0 Å². The lowest BCUT2D eigenvalue weighted by molar-refractivity contribution is 0.219. The third kappa shape index (κ3) is 1.44. The Morgan fingerprint density at radius 3 is 2.64 bits per heavy atom. The molecule has 1 heteroatoms. The van der Waals surface area contributed by atoms with Gasteiger partial charge >= 0.3 is 0 Å². The molecule has 4 atom stereocenters. The highest BCUT2D eigenvalue weighted by atomic mass is 14.6. The van der Waals surface area contributed by atoms with E-state index in [1.165, 1.54) is 32.1 Å². The molecular formula is C10H19N. The van der Waals surface area contributed by atoms with Crippen LogP contribution >= 0.6 is 0 Å². The van der Waals surface area contributed by atoms with Gasteiger partial charge in [0.05, 0.1) is 0 Å². The van der Waals surface area contributed by atoms with Crippen molar-refractivity contribution in [2.45, 2.75) is 45.1 Å². The molecule has 0 aromatic rings. The zero-order valence-electron chi connectivity index (χ0n) is 7.42. The largest absolute Gasteiger partial charge is 0.328 e. The summed E-state index contributed by atoms with van der Waals surface area (Å²) < 4.78 is 0. The average molecular weight is 153 g/mol. The smallest absolute Gasteiger partial charge is 0.00442 e. The van der Waals surface area contributed by atoms with E-state index in [1.807, 2.05) is 0 Å². The summed E-state index contributed by atoms with van der Waals surface area (Å²) in [6.45, 7) is 2.41. The van der Waals surface area contributed by atoms with Crippen LogP contribution in [0.25, 0.3) is 0 Å². The molecule has 0 heterocycles. The summed E-state index contributed by atoms with van der Waals surface area (Å²) in [4.78, 5) is 0. The molecule has 1 nitrogen and oxygen atoms in total. The zero-order valence-corrected chi connectivity index (χ0v) is 7.42. The van der Waals surface area contributed by atoms with E-state index in [-0.39, 0.29) is 0 Å². The van der Waals surface area contributed by atoms with Crippen LogP contribution in [-0.2, 0) is 0 Å². The van der Waals surface area contributed by atoms with E-state index in [0.29, 0.717) is 6.04 Å². The lowest BCUT2D eigenvalue weighted by atomic mass is 9.77. The van der Waals surface area contributed by atoms with E-state index in [2.05, 4.69) is 6.92 Å². The fourth-order valence-corrected chi connectivity index (χ4v) is 3.05. The summed E-state index contributed by atoms with van der Waals surface area (Å²) in [6.07, 6.45) is 6.99. The Balaban J connectivity index is 2.10. The van der Waals surface area contributed by atoms with Crippen LogP contribution in [0.1, 0.15) is 39.0 Å². The first kappa shape index (κ1) is 7.60. The first-order valence-corrected chi connectivity index (χ1v) is 5.01. The Morgan fingerprint density at radius 2 is 1.91 bits per heavy atom. The van der Waals surface area contributed by atoms with E-state index in [9.17, 15) is 0 Å². The van der Waals surface area contributed by atoms with Gasteiger partial charge in [-0.05, 0) is 43.4 Å². The summed E-state index contributed by atoms with van der Waals surface area (Å²) in [5.41, 5.74) is 6.02. The fraction of sp³-hybridized carbons (Fsp3) is 1.00. The van der Waals surface area contributed by atoms with Gasteiger partial charge in [0.15, 0.2) is 0 Å². The Bertz CT molecular complexity index is 142. The molecule has 0 aromatic heterocycles. The molecule has 11 heavy (non-hydrogen) atoms. The maximum atomic E-state index is 6.02. The second-order valence-corrected chi connectivity index (χ2v) is 4.65. The highest BCUT2D eigenvalue weighted by Gasteiger charge is 2.33. The Hall–Kier alpha value is -0.0400. The fourth-order valence-electron chi connectivity index (χ4n) is 3.05. The minimum Gasteiger partial charge on any atom is -0.328 e. The quantitative estimate of drug-likeness (QED) is 0.567. The predicted molar refractivity (Wildman–Crippen MR) is 47.2 cm³/mol. The van der Waals surface area contributed by atoms with E-state index in [0.717, 1.165) is 17.8 Å². The van der Waals surface area contributed by atoms with Crippen LogP contribution in [0.3, 0.4) is 0 Å². The summed E-state index contributed by atoms with van der Waals surface area (Å²) in [5.74, 6) is 2.89. The first-order chi connectivity index (χ1) is 5.25. The molecule has 3 fully saturated rings. The molecule has 0 saturated heterocycles. The van der Waals surface area contributed by atoms with Gasteiger partial charge in [-0.2, -0.15) is 0 Å². The summed E-state index contributed by atoms with van der Waals surface area (Å²) in [5, 5.41) is 0. The van der Waals surface area contributed by atoms with Crippen LogP contribution in [0.4, 0.5) is 0 Å². The molecule has 3 rings (SSSR count). The first-order valence-electron chi connectivity index (χ1n) is 5.01. The van der Waals surface area contributed by atoms with Crippen molar-refractivity contribution >= 4 is 0 Å². The van der Waals surface area contributed by atoms with Gasteiger partial charge in [-0.1, -0.05) is 13.3 Å². The van der Waals surface area contributed by atoms with Gasteiger partial charge < -0.3 is 5.73 Å². The van der Waals surface area contributed by atoms with Gasteiger partial charge in [-0.3, -0.25) is 0 Å². The number of hydrogen-bond donors (Lipinski definition) is 1. The predicted octanol–water partition coefficient (Wildman–Crippen LogP) is 2.16. The highest BCUT2D eigenvalue weighted by Crippen LogP contribution is 2.41. The van der Waals surface area contributed by atoms with Gasteiger partial charge in [0.2, 0.25) is 0 Å². The maximum absolute atomic E-state index is 6.02. The Morgan fingerprint density at radius 1 is 1.09 bits per heavy atom. The molecule has 2 N–H and O–H groups in total. The summed E-state index contributed by atoms with van der Waals surface area (Å²) in [7, 11) is 0. The topological polar surface area (TPSA) is 26.0 Å². The van der Waals surface area contributed by atoms with Gasteiger partial charge in [-0.25, -0.2) is 0 Å². The van der Waals surface area contributed by atoms with Crippen LogP contribution in [0.15, 0.2) is 0 Å². The molecule has 0 radical (unpaired) electrons. The summed E-state index contributed by atoms with van der Waals surface area (Å²) >= 11 is 0. The standard InChI is InChI=1S/C10H19N/c1-7-4-8-2-3-9(7)6-10(11)5-8/h7-10H,2-6,11H2,1H3/t7?,8-,9-,10+/m0/s1. The number of rotatable bonds is 0. The number of nitrogens with two attached hydrogens (primary N) is 1. The van der Waals surface area contributed by atoms with Crippen molar-refractivity contribution in [2.24, 2.45) is 23.5 Å². The summed E-state index contributed by atoms with van der Waals surface area (Å²) in [6, 6.07) is 0.525. The molecule has 0 spiro atoms. The van der Waals surface area contributed by atoms with Crippen molar-refractivity contribution in [3.8, 4) is 0 Å². The molecule has 3 aliphatic rings. The number of fused-ring (bicyclic) bond motifs is 4. The molecule has 64 valence electrons. The second kappa shape index (κ2) is 2.78. The zero-order chi connectivity index (χ0) is 7.84. The normalized spacial score (nSPS) is 50.7. The van der Waals surface area contributed by atoms with Gasteiger partial charge in [0.25, 0.3) is 0 Å². The van der Waals surface area contributed by atoms with E-state index in [1.54, 1.807) is 0 Å². The van der Waals surface area contributed by atoms with Crippen LogP contribution in [0.5, 0.6) is 0 Å². The Kier molecular flexibility index (Phi) is 1.92. The Labute approximate surface area is 69.4 Å². The van der Waals surface area contributed by atoms with E-state index in [4.69, 9.17) is 5.73 Å². The number of hydrogen-bond acceptors (Lipinski definition) is 1. The van der Waals surface area contributed by atoms with Crippen LogP contribution in [-0.4, -0.2) is 6.04 Å². The SMILES string of the molecule is CC1C[C@@H]2CC[C@H]1C[C@H](N)C2.